The molecule has 0 aromatic heterocycles. The molecule has 0 bridgehead atoms. The topological polar surface area (TPSA) is 106 Å². The maximum atomic E-state index is 12.8. The Balaban J connectivity index is 1.57. The van der Waals surface area contributed by atoms with Crippen LogP contribution >= 0.6 is 23.2 Å². The molecule has 3 aromatic rings. The van der Waals surface area contributed by atoms with Crippen molar-refractivity contribution in [3.8, 4) is 17.2 Å². The molecule has 11 heteroatoms. The molecular formula is C28H29Cl2N5O3S. The number of nitriles is 1. The number of carbonyl (C=O) groups is 1. The Morgan fingerprint density at radius 3 is 2.23 bits per heavy atom. The van der Waals surface area contributed by atoms with Crippen LogP contribution in [0.2, 0.25) is 10.0 Å². The zero-order valence-electron chi connectivity index (χ0n) is 21.6. The van der Waals surface area contributed by atoms with Gasteiger partial charge >= 0.3 is 6.03 Å². The summed E-state index contributed by atoms with van der Waals surface area (Å²) < 4.78 is 28.2. The zero-order valence-corrected chi connectivity index (χ0v) is 23.9. The fraction of sp³-hybridized carbons (Fsp3) is 0.286. The lowest BCUT2D eigenvalue weighted by Gasteiger charge is -2.42. The summed E-state index contributed by atoms with van der Waals surface area (Å²) in [6.07, 6.45) is 1.04. The van der Waals surface area contributed by atoms with Gasteiger partial charge in [-0.25, -0.2) is 4.79 Å². The summed E-state index contributed by atoms with van der Waals surface area (Å²) in [6.45, 7) is 0.936. The number of hydrogen-bond acceptors (Lipinski definition) is 4. The molecule has 1 saturated heterocycles. The maximum absolute atomic E-state index is 12.8. The number of carbonyl (C=O) groups excluding carboxylic acids is 1. The molecule has 1 aliphatic rings. The third-order valence-electron chi connectivity index (χ3n) is 7.00. The second kappa shape index (κ2) is 11.9. The molecule has 1 aliphatic heterocycles. The second-order valence-corrected chi connectivity index (χ2v) is 12.7. The average Bonchev–Trinajstić information content (AvgIpc) is 2.91. The summed E-state index contributed by atoms with van der Waals surface area (Å²) in [5, 5.41) is 15.8. The van der Waals surface area contributed by atoms with E-state index in [0.717, 1.165) is 16.7 Å². The van der Waals surface area contributed by atoms with Crippen molar-refractivity contribution in [3.63, 3.8) is 0 Å². The van der Waals surface area contributed by atoms with E-state index in [9.17, 15) is 18.5 Å². The highest BCUT2D eigenvalue weighted by molar-refractivity contribution is 7.86. The van der Waals surface area contributed by atoms with Gasteiger partial charge in [-0.2, -0.15) is 22.3 Å². The predicted octanol–water partition coefficient (Wildman–Crippen LogP) is 5.49. The molecule has 0 aliphatic carbocycles. The van der Waals surface area contributed by atoms with Crippen molar-refractivity contribution in [2.45, 2.75) is 18.3 Å². The van der Waals surface area contributed by atoms with Gasteiger partial charge in [-0.1, -0.05) is 59.6 Å². The average molecular weight is 587 g/mol. The quantitative estimate of drug-likeness (QED) is 0.382. The molecule has 1 fully saturated rings. The van der Waals surface area contributed by atoms with Crippen molar-refractivity contribution in [2.24, 2.45) is 0 Å². The second-order valence-electron chi connectivity index (χ2n) is 9.71. The van der Waals surface area contributed by atoms with Gasteiger partial charge in [-0.3, -0.25) is 0 Å². The van der Waals surface area contributed by atoms with Crippen molar-refractivity contribution in [1.82, 2.24) is 13.9 Å². The molecule has 0 radical (unpaired) electrons. The minimum Gasteiger partial charge on any atom is -0.337 e. The lowest BCUT2D eigenvalue weighted by atomic mass is 9.73. The fourth-order valence-electron chi connectivity index (χ4n) is 4.78. The van der Waals surface area contributed by atoms with Crippen LogP contribution in [0, 0.1) is 11.3 Å². The van der Waals surface area contributed by atoms with Gasteiger partial charge in [-0.05, 0) is 59.9 Å². The Morgan fingerprint density at radius 2 is 1.64 bits per heavy atom. The molecule has 1 heterocycles. The molecule has 0 atom stereocenters. The van der Waals surface area contributed by atoms with Gasteiger partial charge in [0.1, 0.15) is 0 Å². The summed E-state index contributed by atoms with van der Waals surface area (Å²) in [7, 11) is -0.508. The van der Waals surface area contributed by atoms with E-state index in [1.54, 1.807) is 24.3 Å². The van der Waals surface area contributed by atoms with E-state index in [1.165, 1.54) is 22.7 Å². The van der Waals surface area contributed by atoms with E-state index in [4.69, 9.17) is 23.2 Å². The van der Waals surface area contributed by atoms with E-state index >= 15 is 0 Å². The van der Waals surface area contributed by atoms with Gasteiger partial charge in [0.2, 0.25) is 0 Å². The highest BCUT2D eigenvalue weighted by Gasteiger charge is 2.40. The lowest BCUT2D eigenvalue weighted by molar-refractivity contribution is 0.214. The molecule has 4 rings (SSSR count). The van der Waals surface area contributed by atoms with Crippen LogP contribution in [0.4, 0.5) is 10.5 Å². The predicted molar refractivity (Wildman–Crippen MR) is 155 cm³/mol. The first-order valence-electron chi connectivity index (χ1n) is 12.3. The normalized spacial score (nSPS) is 15.5. The number of nitrogens with zero attached hydrogens (tertiary/aromatic N) is 3. The van der Waals surface area contributed by atoms with Gasteiger partial charge in [0, 0.05) is 54.9 Å². The third kappa shape index (κ3) is 6.72. The van der Waals surface area contributed by atoms with Gasteiger partial charge in [0.25, 0.3) is 10.2 Å². The van der Waals surface area contributed by atoms with Crippen LogP contribution in [0.15, 0.2) is 66.7 Å². The number of hydrogen-bond donors (Lipinski definition) is 2. The fourth-order valence-corrected chi connectivity index (χ4v) is 6.41. The molecule has 0 spiro atoms. The van der Waals surface area contributed by atoms with Gasteiger partial charge in [0.15, 0.2) is 0 Å². The first kappa shape index (κ1) is 28.9. The Hall–Kier alpha value is -3.13. The van der Waals surface area contributed by atoms with Crippen LogP contribution in [-0.4, -0.2) is 56.8 Å². The Bertz CT molecular complexity index is 1480. The minimum absolute atomic E-state index is 0.298. The molecule has 0 saturated carbocycles. The van der Waals surface area contributed by atoms with E-state index in [0.29, 0.717) is 53.8 Å². The van der Waals surface area contributed by atoms with Gasteiger partial charge in [-0.15, -0.1) is 0 Å². The summed E-state index contributed by atoms with van der Waals surface area (Å²) in [4.78, 5) is 12.8. The molecule has 3 aromatic carbocycles. The van der Waals surface area contributed by atoms with Crippen LogP contribution in [0.3, 0.4) is 0 Å². The molecule has 8 nitrogen and oxygen atoms in total. The summed E-state index contributed by atoms with van der Waals surface area (Å²) in [5.74, 6) is 0. The lowest BCUT2D eigenvalue weighted by Crippen LogP contribution is -2.52. The van der Waals surface area contributed by atoms with Crippen molar-refractivity contribution in [2.75, 3.05) is 39.0 Å². The van der Waals surface area contributed by atoms with Crippen LogP contribution in [0.1, 0.15) is 24.0 Å². The molecule has 2 amide bonds. The summed E-state index contributed by atoms with van der Waals surface area (Å²) in [6, 6.07) is 21.9. The minimum atomic E-state index is -3.55. The third-order valence-corrected chi connectivity index (χ3v) is 9.37. The molecule has 0 unspecified atom stereocenters. The van der Waals surface area contributed by atoms with Crippen molar-refractivity contribution < 1.29 is 13.2 Å². The monoisotopic (exact) mass is 585 g/mol. The number of piperidine rings is 1. The van der Waals surface area contributed by atoms with Gasteiger partial charge < -0.3 is 10.6 Å². The van der Waals surface area contributed by atoms with E-state index < -0.39 is 21.7 Å². The zero-order chi connectivity index (χ0) is 28.2. The number of urea groups is 1. The number of benzene rings is 3. The highest BCUT2D eigenvalue weighted by atomic mass is 35.5. The van der Waals surface area contributed by atoms with Crippen LogP contribution < -0.4 is 10.6 Å². The van der Waals surface area contributed by atoms with Crippen molar-refractivity contribution in [3.05, 3.63) is 87.9 Å². The molecule has 39 heavy (non-hydrogen) atoms. The van der Waals surface area contributed by atoms with Gasteiger partial charge in [0.05, 0.1) is 11.6 Å². The largest absolute Gasteiger partial charge is 0.337 e. The number of nitrogens with one attached hydrogen (secondary N) is 2. The summed E-state index contributed by atoms with van der Waals surface area (Å²) in [5.41, 5.74) is 3.44. The van der Waals surface area contributed by atoms with E-state index in [-0.39, 0.29) is 0 Å². The summed E-state index contributed by atoms with van der Waals surface area (Å²) >= 11 is 12.1. The Labute approximate surface area is 239 Å². The standard InChI is InChI=1S/C28H29Cl2N5O3S/c1-34(2)39(37,38)35-12-10-28(11-13-35,19-32-27(36)33-26-16-24(29)15-25(30)17-26)23-8-6-21(7-9-23)22-5-3-4-20(14-22)18-31/h3-9,14-17H,10-13,19H2,1-2H3,(H2,32,33,36). The molecular weight excluding hydrogens is 557 g/mol. The van der Waals surface area contributed by atoms with E-state index in [2.05, 4.69) is 16.7 Å². The smallest absolute Gasteiger partial charge is 0.319 e. The van der Waals surface area contributed by atoms with Crippen molar-refractivity contribution in [1.29, 1.82) is 5.26 Å². The van der Waals surface area contributed by atoms with Crippen LogP contribution in [0.5, 0.6) is 0 Å². The van der Waals surface area contributed by atoms with Crippen LogP contribution in [0.25, 0.3) is 11.1 Å². The Morgan fingerprint density at radius 1 is 1.00 bits per heavy atom. The molecule has 204 valence electrons. The number of amides is 2. The first-order valence-corrected chi connectivity index (χ1v) is 14.5. The number of rotatable bonds is 7. The first-order chi connectivity index (χ1) is 18.5. The maximum Gasteiger partial charge on any atom is 0.319 e. The van der Waals surface area contributed by atoms with Crippen LogP contribution in [-0.2, 0) is 15.6 Å². The SMILES string of the molecule is CN(C)S(=O)(=O)N1CCC(CNC(=O)Nc2cc(Cl)cc(Cl)c2)(c2ccc(-c3cccc(C#N)c3)cc2)CC1. The van der Waals surface area contributed by atoms with Crippen molar-refractivity contribution >= 4 is 45.1 Å². The highest BCUT2D eigenvalue weighted by Crippen LogP contribution is 2.37. The number of anilines is 1. The molecule has 2 N–H and O–H groups in total. The Kier molecular flexibility index (Phi) is 8.84. The van der Waals surface area contributed by atoms with E-state index in [1.807, 2.05) is 42.5 Å². The number of halogens is 2.